The first-order chi connectivity index (χ1) is 18.8. The number of piperidine rings is 1. The Labute approximate surface area is 224 Å². The molecule has 2 aliphatic heterocycles. The smallest absolute Gasteiger partial charge is 0.451 e. The highest BCUT2D eigenvalue weighted by Crippen LogP contribution is 2.30. The summed E-state index contributed by atoms with van der Waals surface area (Å²) in [6.45, 7) is 0.919. The maximum atomic E-state index is 12.9. The summed E-state index contributed by atoms with van der Waals surface area (Å²) in [5.41, 5.74) is 4.60. The van der Waals surface area contributed by atoms with Gasteiger partial charge >= 0.3 is 12.3 Å². The van der Waals surface area contributed by atoms with Crippen molar-refractivity contribution in [2.75, 3.05) is 18.2 Å². The first kappa shape index (κ1) is 27.2. The minimum atomic E-state index is -4.58. The number of benzene rings is 1. The highest BCUT2D eigenvalue weighted by molar-refractivity contribution is 5.89. The Balaban J connectivity index is 1.26. The van der Waals surface area contributed by atoms with Crippen LogP contribution in [0.25, 0.3) is 0 Å². The summed E-state index contributed by atoms with van der Waals surface area (Å²) in [6, 6.07) is 8.68. The number of para-hydroxylation sites is 1. The predicted octanol–water partition coefficient (Wildman–Crippen LogP) is 3.97. The minimum absolute atomic E-state index is 0.00648. The van der Waals surface area contributed by atoms with E-state index in [2.05, 4.69) is 26.0 Å². The van der Waals surface area contributed by atoms with Gasteiger partial charge in [0, 0.05) is 36.1 Å². The van der Waals surface area contributed by atoms with E-state index in [4.69, 9.17) is 4.74 Å². The molecule has 0 bridgehead atoms. The van der Waals surface area contributed by atoms with Gasteiger partial charge < -0.3 is 20.5 Å². The molecular formula is C26H32F3N7O3. The molecule has 3 heterocycles. The van der Waals surface area contributed by atoms with Crippen molar-refractivity contribution in [3.8, 4) is 0 Å². The molecule has 10 nitrogen and oxygen atoms in total. The SMILES string of the molecule is O=C(O)N(C1=CN(N[C@@H]2CCCC[C@H]2NC2CCCN[C@H]2c2cnc(C(F)(F)F)nc2)CO1)c1ccccc1. The van der Waals surface area contributed by atoms with Crippen molar-refractivity contribution < 1.29 is 27.8 Å². The maximum Gasteiger partial charge on any atom is 0.451 e. The number of nitrogens with zero attached hydrogens (tertiary/aromatic N) is 4. The van der Waals surface area contributed by atoms with Crippen LogP contribution in [0, 0.1) is 0 Å². The van der Waals surface area contributed by atoms with Gasteiger partial charge in [0.15, 0.2) is 6.73 Å². The molecule has 1 unspecified atom stereocenters. The lowest BCUT2D eigenvalue weighted by molar-refractivity contribution is -0.145. The number of amides is 1. The van der Waals surface area contributed by atoms with Gasteiger partial charge in [-0.25, -0.2) is 25.1 Å². The molecule has 2 fully saturated rings. The van der Waals surface area contributed by atoms with Crippen LogP contribution in [0.15, 0.2) is 54.8 Å². The molecule has 1 saturated heterocycles. The molecular weight excluding hydrogens is 515 g/mol. The topological polar surface area (TPSA) is 115 Å². The molecule has 1 aliphatic carbocycles. The molecule has 3 aliphatic rings. The number of aromatic nitrogens is 2. The molecule has 13 heteroatoms. The minimum Gasteiger partial charge on any atom is -0.464 e. The second-order valence-corrected chi connectivity index (χ2v) is 9.98. The van der Waals surface area contributed by atoms with Crippen LogP contribution in [-0.2, 0) is 10.9 Å². The number of carboxylic acid groups (broad SMARTS) is 1. The standard InChI is InChI=1S/C26H32F3N7O3/c27-26(28,29)24-31-13-17(14-32-24)23-21(11-6-12-30-23)33-19-9-4-5-10-20(19)34-35-15-22(39-16-35)36(25(37)38)18-7-2-1-3-8-18/h1-3,7-8,13-15,19-21,23,30,33-34H,4-6,9-12,16H2,(H,37,38)/t19-,20-,21?,23+/m1/s1. The van der Waals surface area contributed by atoms with Gasteiger partial charge in [0.25, 0.3) is 0 Å². The van der Waals surface area contributed by atoms with Gasteiger partial charge in [-0.2, -0.15) is 13.2 Å². The molecule has 1 amide bonds. The lowest BCUT2D eigenvalue weighted by Crippen LogP contribution is -2.58. The second kappa shape index (κ2) is 11.8. The van der Waals surface area contributed by atoms with Gasteiger partial charge in [0.1, 0.15) is 0 Å². The normalized spacial score (nSPS) is 25.6. The van der Waals surface area contributed by atoms with Crippen LogP contribution in [0.2, 0.25) is 0 Å². The van der Waals surface area contributed by atoms with Crippen LogP contribution in [-0.4, -0.2) is 57.6 Å². The molecule has 2 aromatic rings. The highest BCUT2D eigenvalue weighted by Gasteiger charge is 2.37. The Morgan fingerprint density at radius 3 is 2.44 bits per heavy atom. The van der Waals surface area contributed by atoms with Crippen molar-refractivity contribution in [2.24, 2.45) is 0 Å². The zero-order valence-electron chi connectivity index (χ0n) is 21.3. The van der Waals surface area contributed by atoms with Gasteiger partial charge in [-0.05, 0) is 44.4 Å². The zero-order valence-corrected chi connectivity index (χ0v) is 21.3. The fraction of sp³-hybridized carbons (Fsp3) is 0.500. The van der Waals surface area contributed by atoms with Crippen molar-refractivity contribution in [1.29, 1.82) is 0 Å². The number of rotatable bonds is 7. The number of hydrogen-bond acceptors (Lipinski definition) is 8. The Kier molecular flexibility index (Phi) is 8.19. The molecule has 0 radical (unpaired) electrons. The zero-order chi connectivity index (χ0) is 27.4. The van der Waals surface area contributed by atoms with Crippen molar-refractivity contribution in [3.63, 3.8) is 0 Å². The third kappa shape index (κ3) is 6.43. The van der Waals surface area contributed by atoms with E-state index < -0.39 is 18.1 Å². The second-order valence-electron chi connectivity index (χ2n) is 9.98. The maximum absolute atomic E-state index is 12.9. The van der Waals surface area contributed by atoms with Crippen LogP contribution >= 0.6 is 0 Å². The van der Waals surface area contributed by atoms with E-state index in [0.29, 0.717) is 11.3 Å². The number of alkyl halides is 3. The summed E-state index contributed by atoms with van der Waals surface area (Å²) >= 11 is 0. The van der Waals surface area contributed by atoms with E-state index in [1.54, 1.807) is 35.5 Å². The number of carbonyl (C=O) groups is 1. The third-order valence-electron chi connectivity index (χ3n) is 7.31. The molecule has 4 N–H and O–H groups in total. The van der Waals surface area contributed by atoms with Crippen LogP contribution in [0.1, 0.15) is 56.0 Å². The largest absolute Gasteiger partial charge is 0.464 e. The summed E-state index contributed by atoms with van der Waals surface area (Å²) in [5.74, 6) is -0.933. The van der Waals surface area contributed by atoms with Crippen LogP contribution < -0.4 is 21.0 Å². The molecule has 4 atom stereocenters. The summed E-state index contributed by atoms with van der Waals surface area (Å²) in [7, 11) is 0. The predicted molar refractivity (Wildman–Crippen MR) is 136 cm³/mol. The quantitative estimate of drug-likeness (QED) is 0.409. The van der Waals surface area contributed by atoms with E-state index in [0.717, 1.165) is 50.0 Å². The number of nitrogens with one attached hydrogen (secondary N) is 3. The summed E-state index contributed by atoms with van der Waals surface area (Å²) in [4.78, 5) is 20.2. The van der Waals surface area contributed by atoms with E-state index >= 15 is 0 Å². The fourth-order valence-corrected chi connectivity index (χ4v) is 5.49. The Morgan fingerprint density at radius 1 is 1.05 bits per heavy atom. The van der Waals surface area contributed by atoms with Crippen molar-refractivity contribution in [3.05, 3.63) is 66.2 Å². The summed E-state index contributed by atoms with van der Waals surface area (Å²) in [5, 5.41) is 18.7. The molecule has 5 rings (SSSR count). The Hall–Kier alpha value is -3.42. The van der Waals surface area contributed by atoms with Gasteiger partial charge in [0.2, 0.25) is 11.7 Å². The van der Waals surface area contributed by atoms with Gasteiger partial charge in [0.05, 0.1) is 17.9 Å². The highest BCUT2D eigenvalue weighted by atomic mass is 19.4. The number of hydrazine groups is 1. The molecule has 1 saturated carbocycles. The molecule has 39 heavy (non-hydrogen) atoms. The third-order valence-corrected chi connectivity index (χ3v) is 7.31. The van der Waals surface area contributed by atoms with Crippen LogP contribution in [0.3, 0.4) is 0 Å². The Bertz CT molecular complexity index is 1150. The average molecular weight is 548 g/mol. The van der Waals surface area contributed by atoms with E-state index in [-0.39, 0.29) is 36.8 Å². The number of anilines is 1. The number of hydrogen-bond donors (Lipinski definition) is 4. The van der Waals surface area contributed by atoms with Gasteiger partial charge in [-0.1, -0.05) is 31.0 Å². The summed E-state index contributed by atoms with van der Waals surface area (Å²) in [6.07, 6.45) is 4.21. The molecule has 0 spiro atoms. The Morgan fingerprint density at radius 2 is 1.74 bits per heavy atom. The van der Waals surface area contributed by atoms with Crippen LogP contribution in [0.4, 0.5) is 23.7 Å². The number of ether oxygens (including phenoxy) is 1. The van der Waals surface area contributed by atoms with Crippen LogP contribution in [0.5, 0.6) is 0 Å². The van der Waals surface area contributed by atoms with E-state index in [9.17, 15) is 23.1 Å². The average Bonchev–Trinajstić information content (AvgIpc) is 3.38. The summed E-state index contributed by atoms with van der Waals surface area (Å²) < 4.78 is 44.6. The number of halogens is 3. The lowest BCUT2D eigenvalue weighted by Gasteiger charge is -2.41. The monoisotopic (exact) mass is 547 g/mol. The first-order valence-electron chi connectivity index (χ1n) is 13.1. The van der Waals surface area contributed by atoms with Gasteiger partial charge in [-0.3, -0.25) is 5.01 Å². The molecule has 1 aromatic carbocycles. The first-order valence-corrected chi connectivity index (χ1v) is 13.1. The van der Waals surface area contributed by atoms with E-state index in [1.807, 2.05) is 6.07 Å². The van der Waals surface area contributed by atoms with Gasteiger partial charge in [-0.15, -0.1) is 0 Å². The van der Waals surface area contributed by atoms with E-state index in [1.165, 1.54) is 12.4 Å². The van der Waals surface area contributed by atoms with Crippen molar-refractivity contribution >= 4 is 11.8 Å². The van der Waals surface area contributed by atoms with Crippen molar-refractivity contribution in [1.82, 2.24) is 31.0 Å². The lowest BCUT2D eigenvalue weighted by atomic mass is 9.87. The fourth-order valence-electron chi connectivity index (χ4n) is 5.49. The molecule has 1 aromatic heterocycles. The van der Waals surface area contributed by atoms with Crippen molar-refractivity contribution in [2.45, 2.75) is 68.9 Å². The molecule has 210 valence electrons.